The van der Waals surface area contributed by atoms with E-state index in [2.05, 4.69) is 30.2 Å². The van der Waals surface area contributed by atoms with Gasteiger partial charge in [-0.3, -0.25) is 18.8 Å². The van der Waals surface area contributed by atoms with Crippen molar-refractivity contribution in [3.63, 3.8) is 0 Å². The van der Waals surface area contributed by atoms with Gasteiger partial charge in [-0.25, -0.2) is 4.98 Å². The highest BCUT2D eigenvalue weighted by Crippen LogP contribution is 2.28. The number of carbonyl (C=O) groups is 1. The molecule has 3 aliphatic heterocycles. The number of nitrogens with zero attached hydrogens (tertiary/aromatic N) is 3. The fourth-order valence-electron chi connectivity index (χ4n) is 6.09. The molecular formula is C32H37ClN6O5S2. The highest BCUT2D eigenvalue weighted by atomic mass is 35.5. The van der Waals surface area contributed by atoms with Crippen LogP contribution in [0.15, 0.2) is 52.0 Å². The normalized spacial score (nSPS) is 19.2. The van der Waals surface area contributed by atoms with Gasteiger partial charge in [0.2, 0.25) is 5.43 Å². The maximum atomic E-state index is 12.7. The predicted octanol–water partition coefficient (Wildman–Crippen LogP) is 4.74. The van der Waals surface area contributed by atoms with Crippen molar-refractivity contribution in [2.45, 2.75) is 43.6 Å². The van der Waals surface area contributed by atoms with Gasteiger partial charge in [0.25, 0.3) is 5.91 Å². The Morgan fingerprint density at radius 3 is 2.63 bits per heavy atom. The third-order valence-electron chi connectivity index (χ3n) is 8.61. The minimum Gasteiger partial charge on any atom is -0.497 e. The fourth-order valence-corrected chi connectivity index (χ4v) is 8.00. The van der Waals surface area contributed by atoms with E-state index in [1.807, 2.05) is 43.5 Å². The van der Waals surface area contributed by atoms with Crippen molar-refractivity contribution < 1.29 is 18.5 Å². The number of thiophene rings is 1. The Kier molecular flexibility index (Phi) is 10.5. The monoisotopic (exact) mass is 684 g/mol. The standard InChI is InChI=1S/C17H19N3O3S.C15H17N3O2S.ClH/c1-10-8-18-15(11(2)16(10)23-4)9-24(21)17-19-13-6-5-12(22-3)7-14(13)20-17;19-13-10(7-16-11-3-6-21-14(11)13)15(20)17-12-8-18-4-1-9(12)2-5-18;/h5-8H,9H2,1-4H3,(H,19,20);3,6-7,9,12H,1-2,4-5,8H2,(H,16,19)(H,17,20);1H/t;12-;/m.0./s1. The van der Waals surface area contributed by atoms with Crippen LogP contribution in [0.4, 0.5) is 0 Å². The third-order valence-corrected chi connectivity index (χ3v) is 10.7. The van der Waals surface area contributed by atoms with Gasteiger partial charge >= 0.3 is 0 Å². The molecule has 0 spiro atoms. The first-order valence-electron chi connectivity index (χ1n) is 14.8. The van der Waals surface area contributed by atoms with Crippen LogP contribution in [0.1, 0.15) is 40.0 Å². The summed E-state index contributed by atoms with van der Waals surface area (Å²) >= 11 is 1.37. The topological polar surface area (TPSA) is 142 Å². The van der Waals surface area contributed by atoms with E-state index >= 15 is 0 Å². The average Bonchev–Trinajstić information content (AvgIpc) is 3.71. The summed E-state index contributed by atoms with van der Waals surface area (Å²) in [6, 6.07) is 7.53. The maximum Gasteiger partial charge on any atom is 0.257 e. The van der Waals surface area contributed by atoms with Crippen molar-refractivity contribution in [3.05, 3.63) is 74.6 Å². The van der Waals surface area contributed by atoms with Crippen LogP contribution in [0.5, 0.6) is 11.5 Å². The van der Waals surface area contributed by atoms with Gasteiger partial charge in [-0.1, -0.05) is 0 Å². The number of rotatable bonds is 7. The smallest absolute Gasteiger partial charge is 0.257 e. The molecule has 0 aliphatic carbocycles. The zero-order valence-corrected chi connectivity index (χ0v) is 28.5. The van der Waals surface area contributed by atoms with E-state index in [4.69, 9.17) is 9.47 Å². The molecule has 46 heavy (non-hydrogen) atoms. The second kappa shape index (κ2) is 14.3. The number of amides is 1. The number of aryl methyl sites for hydroxylation is 1. The Morgan fingerprint density at radius 2 is 1.93 bits per heavy atom. The number of hydrogen-bond donors (Lipinski definition) is 3. The van der Waals surface area contributed by atoms with Crippen LogP contribution in [-0.4, -0.2) is 74.8 Å². The third kappa shape index (κ3) is 6.82. The number of imidazole rings is 1. The van der Waals surface area contributed by atoms with Crippen LogP contribution in [0.3, 0.4) is 0 Å². The van der Waals surface area contributed by atoms with Gasteiger partial charge in [0.15, 0.2) is 5.16 Å². The Balaban J connectivity index is 0.000000178. The minimum absolute atomic E-state index is 0. The lowest BCUT2D eigenvalue weighted by atomic mass is 9.84. The molecule has 4 aromatic heterocycles. The van der Waals surface area contributed by atoms with Crippen molar-refractivity contribution in [3.8, 4) is 11.5 Å². The van der Waals surface area contributed by atoms with Crippen LogP contribution in [-0.2, 0) is 16.6 Å². The van der Waals surface area contributed by atoms with Crippen molar-refractivity contribution in [1.82, 2.24) is 30.2 Å². The number of carbonyl (C=O) groups excluding carboxylic acids is 1. The van der Waals surface area contributed by atoms with Crippen molar-refractivity contribution in [1.29, 1.82) is 0 Å². The van der Waals surface area contributed by atoms with Gasteiger partial charge in [-0.05, 0) is 69.3 Å². The van der Waals surface area contributed by atoms with E-state index < -0.39 is 10.8 Å². The summed E-state index contributed by atoms with van der Waals surface area (Å²) in [7, 11) is 1.91. The summed E-state index contributed by atoms with van der Waals surface area (Å²) < 4.78 is 23.9. The molecule has 244 valence electrons. The molecule has 8 rings (SSSR count). The van der Waals surface area contributed by atoms with E-state index in [0.29, 0.717) is 15.8 Å². The molecule has 1 aromatic carbocycles. The number of halogens is 1. The van der Waals surface area contributed by atoms with Gasteiger partial charge in [0.1, 0.15) is 17.1 Å². The van der Waals surface area contributed by atoms with E-state index in [-0.39, 0.29) is 41.1 Å². The van der Waals surface area contributed by atoms with Crippen LogP contribution in [0.25, 0.3) is 21.3 Å². The number of H-pyrrole nitrogens is 2. The SMILES string of the molecule is COc1ccc2nc(S(=O)Cc3ncc(C)c(OC)c3C)[nH]c2c1.Cl.O=C(N[C@H]1CN2CCC1CC2)c1c[nH]c2ccsc2c1=O. The Bertz CT molecular complexity index is 1950. The number of aromatic nitrogens is 4. The van der Waals surface area contributed by atoms with Crippen LogP contribution in [0, 0.1) is 19.8 Å². The number of nitrogens with one attached hydrogen (secondary N) is 3. The molecule has 2 atom stereocenters. The van der Waals surface area contributed by atoms with Gasteiger partial charge in [0.05, 0.1) is 57.7 Å². The van der Waals surface area contributed by atoms with Gasteiger partial charge in [-0.2, -0.15) is 0 Å². The quantitative estimate of drug-likeness (QED) is 0.223. The molecule has 2 bridgehead atoms. The molecule has 14 heteroatoms. The van der Waals surface area contributed by atoms with E-state index in [9.17, 15) is 13.8 Å². The lowest BCUT2D eigenvalue weighted by Gasteiger charge is -2.44. The number of hydrogen-bond acceptors (Lipinski definition) is 9. The van der Waals surface area contributed by atoms with Crippen LogP contribution >= 0.6 is 23.7 Å². The molecule has 11 nitrogen and oxygen atoms in total. The number of fused-ring (bicyclic) bond motifs is 5. The first kappa shape index (κ1) is 33.6. The number of aromatic amines is 2. The molecule has 7 heterocycles. The second-order valence-corrected chi connectivity index (χ2v) is 13.7. The summed E-state index contributed by atoms with van der Waals surface area (Å²) in [6.07, 6.45) is 5.56. The average molecular weight is 685 g/mol. The number of piperidine rings is 3. The highest BCUT2D eigenvalue weighted by molar-refractivity contribution is 7.84. The Morgan fingerprint density at radius 1 is 1.15 bits per heavy atom. The van der Waals surface area contributed by atoms with E-state index in [0.717, 1.165) is 77.3 Å². The first-order chi connectivity index (χ1) is 21.7. The summed E-state index contributed by atoms with van der Waals surface area (Å²) in [5, 5.41) is 5.36. The van der Waals surface area contributed by atoms with Crippen molar-refractivity contribution in [2.75, 3.05) is 33.9 Å². The summed E-state index contributed by atoms with van der Waals surface area (Å²) in [5.41, 5.74) is 5.01. The molecule has 3 saturated heterocycles. The summed E-state index contributed by atoms with van der Waals surface area (Å²) in [4.78, 5) is 42.1. The molecule has 3 fully saturated rings. The summed E-state index contributed by atoms with van der Waals surface area (Å²) in [5.74, 6) is 2.10. The van der Waals surface area contributed by atoms with Gasteiger partial charge < -0.3 is 29.7 Å². The largest absolute Gasteiger partial charge is 0.497 e. The van der Waals surface area contributed by atoms with Crippen LogP contribution in [0.2, 0.25) is 0 Å². The highest BCUT2D eigenvalue weighted by Gasteiger charge is 2.35. The molecule has 3 N–H and O–H groups in total. The molecule has 1 unspecified atom stereocenters. The molecule has 0 radical (unpaired) electrons. The predicted molar refractivity (Wildman–Crippen MR) is 183 cm³/mol. The van der Waals surface area contributed by atoms with Crippen molar-refractivity contribution >= 4 is 61.7 Å². The van der Waals surface area contributed by atoms with Gasteiger partial charge in [0, 0.05) is 42.2 Å². The summed E-state index contributed by atoms with van der Waals surface area (Å²) in [6.45, 7) is 7.05. The van der Waals surface area contributed by atoms with Gasteiger partial charge in [-0.15, -0.1) is 23.7 Å². The number of pyridine rings is 2. The van der Waals surface area contributed by atoms with Crippen molar-refractivity contribution in [2.24, 2.45) is 5.92 Å². The Labute approximate surface area is 279 Å². The molecule has 0 saturated carbocycles. The van der Waals surface area contributed by atoms with E-state index in [1.165, 1.54) is 17.5 Å². The molecule has 5 aromatic rings. The lowest BCUT2D eigenvalue weighted by Crippen LogP contribution is -2.57. The number of benzene rings is 1. The molecule has 3 aliphatic rings. The molecular weight excluding hydrogens is 648 g/mol. The van der Waals surface area contributed by atoms with E-state index in [1.54, 1.807) is 20.4 Å². The van der Waals surface area contributed by atoms with Crippen LogP contribution < -0.4 is 20.2 Å². The maximum absolute atomic E-state index is 12.7. The number of ether oxygens (including phenoxy) is 2. The molecule has 1 amide bonds. The zero-order chi connectivity index (χ0) is 31.7. The minimum atomic E-state index is -1.33. The number of methoxy groups -OCH3 is 2. The lowest BCUT2D eigenvalue weighted by molar-refractivity contribution is 0.0620. The first-order valence-corrected chi connectivity index (χ1v) is 17.0. The fraction of sp³-hybridized carbons (Fsp3) is 0.375. The Hall–Kier alpha value is -3.78. The zero-order valence-electron chi connectivity index (χ0n) is 26.0. The second-order valence-electron chi connectivity index (χ2n) is 11.4.